The number of hydrazone groups is 1. The van der Waals surface area contributed by atoms with Crippen molar-refractivity contribution in [1.29, 1.82) is 0 Å². The minimum absolute atomic E-state index is 0.271. The number of rotatable bonds is 3. The first kappa shape index (κ1) is 18.7. The van der Waals surface area contributed by atoms with E-state index >= 15 is 0 Å². The molecule has 4 heteroatoms. The molecule has 5 rings (SSSR count). The standard InChI is InChI=1S/C25H31N3O/c1-4-13-27-14-11-25(12-15-27)28-23(20-7-5-6-8-24(20)29-25)17-22(26-28)21-16-18(2)9-10-19(21)3/h5-10,16,23H,4,11-15,17H2,1-3H3/t23-/m1/s1. The van der Waals surface area contributed by atoms with Gasteiger partial charge in [-0.05, 0) is 44.5 Å². The molecule has 152 valence electrons. The molecule has 29 heavy (non-hydrogen) atoms. The molecule has 2 aromatic carbocycles. The van der Waals surface area contributed by atoms with Gasteiger partial charge in [-0.25, -0.2) is 5.01 Å². The second kappa shape index (κ2) is 7.17. The molecule has 0 amide bonds. The number of fused-ring (bicyclic) bond motifs is 4. The smallest absolute Gasteiger partial charge is 0.200 e. The van der Waals surface area contributed by atoms with Crippen molar-refractivity contribution in [2.45, 2.75) is 58.2 Å². The van der Waals surface area contributed by atoms with E-state index in [4.69, 9.17) is 9.84 Å². The highest BCUT2D eigenvalue weighted by atomic mass is 16.5. The molecule has 1 atom stereocenters. The minimum Gasteiger partial charge on any atom is -0.466 e. The Morgan fingerprint density at radius 3 is 2.69 bits per heavy atom. The van der Waals surface area contributed by atoms with Gasteiger partial charge in [-0.3, -0.25) is 0 Å². The fourth-order valence-electron chi connectivity index (χ4n) is 5.21. The van der Waals surface area contributed by atoms with Crippen LogP contribution in [-0.2, 0) is 0 Å². The number of nitrogens with zero attached hydrogens (tertiary/aromatic N) is 3. The lowest BCUT2D eigenvalue weighted by atomic mass is 9.90. The van der Waals surface area contributed by atoms with Crippen LogP contribution in [-0.4, -0.2) is 41.0 Å². The summed E-state index contributed by atoms with van der Waals surface area (Å²) >= 11 is 0. The van der Waals surface area contributed by atoms with Gasteiger partial charge in [0.15, 0.2) is 0 Å². The number of likely N-dealkylation sites (tertiary alicyclic amines) is 1. The Balaban J connectivity index is 1.54. The summed E-state index contributed by atoms with van der Waals surface area (Å²) in [6, 6.07) is 15.5. The van der Waals surface area contributed by atoms with Gasteiger partial charge in [-0.2, -0.15) is 5.10 Å². The SMILES string of the molecule is CCCN1CCC2(CC1)Oc1ccccc1[C@H]1CC(c3cc(C)ccc3C)=NN12. The van der Waals surface area contributed by atoms with E-state index in [1.54, 1.807) is 0 Å². The molecule has 2 aromatic rings. The largest absolute Gasteiger partial charge is 0.466 e. The van der Waals surface area contributed by atoms with E-state index in [-0.39, 0.29) is 11.8 Å². The van der Waals surface area contributed by atoms with Gasteiger partial charge in [0, 0.05) is 43.5 Å². The molecule has 0 bridgehead atoms. The number of ether oxygens (including phenoxy) is 1. The van der Waals surface area contributed by atoms with Crippen molar-refractivity contribution in [2.24, 2.45) is 5.10 Å². The van der Waals surface area contributed by atoms with Crippen LogP contribution in [0.4, 0.5) is 0 Å². The van der Waals surface area contributed by atoms with Crippen molar-refractivity contribution in [1.82, 2.24) is 9.91 Å². The van der Waals surface area contributed by atoms with Crippen LogP contribution in [0.5, 0.6) is 5.75 Å². The highest BCUT2D eigenvalue weighted by Crippen LogP contribution is 2.50. The van der Waals surface area contributed by atoms with Crippen molar-refractivity contribution < 1.29 is 4.74 Å². The molecule has 1 fully saturated rings. The van der Waals surface area contributed by atoms with E-state index in [9.17, 15) is 0 Å². The van der Waals surface area contributed by atoms with E-state index in [0.717, 1.165) is 38.1 Å². The summed E-state index contributed by atoms with van der Waals surface area (Å²) in [5, 5.41) is 7.56. The molecule has 3 aliphatic heterocycles. The number of aryl methyl sites for hydroxylation is 2. The summed E-state index contributed by atoms with van der Waals surface area (Å²) < 4.78 is 6.73. The molecule has 0 radical (unpaired) electrons. The monoisotopic (exact) mass is 389 g/mol. The number of para-hydroxylation sites is 1. The topological polar surface area (TPSA) is 28.1 Å². The summed E-state index contributed by atoms with van der Waals surface area (Å²) in [7, 11) is 0. The Morgan fingerprint density at radius 2 is 1.90 bits per heavy atom. The molecule has 1 spiro atoms. The van der Waals surface area contributed by atoms with Gasteiger partial charge in [0.2, 0.25) is 5.72 Å². The maximum Gasteiger partial charge on any atom is 0.200 e. The van der Waals surface area contributed by atoms with Crippen LogP contribution in [0.15, 0.2) is 47.6 Å². The van der Waals surface area contributed by atoms with Crippen LogP contribution in [0.25, 0.3) is 0 Å². The second-order valence-electron chi connectivity index (χ2n) is 8.86. The average Bonchev–Trinajstić information content (AvgIpc) is 3.18. The van der Waals surface area contributed by atoms with Gasteiger partial charge >= 0.3 is 0 Å². The van der Waals surface area contributed by atoms with Gasteiger partial charge < -0.3 is 9.64 Å². The molecule has 3 heterocycles. The maximum absolute atomic E-state index is 6.73. The van der Waals surface area contributed by atoms with Gasteiger partial charge in [-0.1, -0.05) is 42.8 Å². The van der Waals surface area contributed by atoms with Crippen LogP contribution < -0.4 is 4.74 Å². The molecule has 0 aliphatic carbocycles. The number of benzene rings is 2. The Kier molecular flexibility index (Phi) is 4.62. The number of hydrogen-bond donors (Lipinski definition) is 0. The predicted octanol–water partition coefficient (Wildman–Crippen LogP) is 5.05. The zero-order valence-corrected chi connectivity index (χ0v) is 17.8. The van der Waals surface area contributed by atoms with Gasteiger partial charge in [-0.15, -0.1) is 0 Å². The zero-order chi connectivity index (χ0) is 20.0. The fourth-order valence-corrected chi connectivity index (χ4v) is 5.21. The third kappa shape index (κ3) is 3.14. The third-order valence-electron chi connectivity index (χ3n) is 6.79. The van der Waals surface area contributed by atoms with Crippen LogP contribution >= 0.6 is 0 Å². The lowest BCUT2D eigenvalue weighted by Gasteiger charge is -2.51. The average molecular weight is 390 g/mol. The van der Waals surface area contributed by atoms with Crippen molar-refractivity contribution in [3.8, 4) is 5.75 Å². The Bertz CT molecular complexity index is 943. The van der Waals surface area contributed by atoms with E-state index < -0.39 is 0 Å². The number of hydrogen-bond acceptors (Lipinski definition) is 4. The van der Waals surface area contributed by atoms with E-state index in [1.165, 1.54) is 40.9 Å². The zero-order valence-electron chi connectivity index (χ0n) is 17.8. The molecule has 0 unspecified atom stereocenters. The summed E-state index contributed by atoms with van der Waals surface area (Å²) in [5.74, 6) is 1.05. The first-order valence-electron chi connectivity index (χ1n) is 11.0. The highest BCUT2D eigenvalue weighted by molar-refractivity contribution is 6.03. The van der Waals surface area contributed by atoms with E-state index in [1.807, 2.05) is 0 Å². The van der Waals surface area contributed by atoms with Gasteiger partial charge in [0.1, 0.15) is 5.75 Å². The molecular weight excluding hydrogens is 358 g/mol. The minimum atomic E-state index is -0.317. The van der Waals surface area contributed by atoms with Crippen LogP contribution in [0.2, 0.25) is 0 Å². The second-order valence-corrected chi connectivity index (χ2v) is 8.86. The summed E-state index contributed by atoms with van der Waals surface area (Å²) in [6.07, 6.45) is 4.16. The molecule has 4 nitrogen and oxygen atoms in total. The lowest BCUT2D eigenvalue weighted by molar-refractivity contribution is -0.149. The lowest BCUT2D eigenvalue weighted by Crippen LogP contribution is -2.59. The van der Waals surface area contributed by atoms with Crippen molar-refractivity contribution >= 4 is 5.71 Å². The van der Waals surface area contributed by atoms with Crippen molar-refractivity contribution in [2.75, 3.05) is 19.6 Å². The number of piperidine rings is 1. The van der Waals surface area contributed by atoms with Gasteiger partial charge in [0.25, 0.3) is 0 Å². The third-order valence-corrected chi connectivity index (χ3v) is 6.79. The Labute approximate surface area is 174 Å². The quantitative estimate of drug-likeness (QED) is 0.735. The van der Waals surface area contributed by atoms with Crippen molar-refractivity contribution in [3.63, 3.8) is 0 Å². The van der Waals surface area contributed by atoms with Crippen LogP contribution in [0.3, 0.4) is 0 Å². The first-order chi connectivity index (χ1) is 14.1. The first-order valence-corrected chi connectivity index (χ1v) is 11.0. The van der Waals surface area contributed by atoms with Crippen molar-refractivity contribution in [3.05, 3.63) is 64.7 Å². The fraction of sp³-hybridized carbons (Fsp3) is 0.480. The molecular formula is C25H31N3O. The normalized spacial score (nSPS) is 22.8. The summed E-state index contributed by atoms with van der Waals surface area (Å²) in [4.78, 5) is 2.57. The molecule has 0 N–H and O–H groups in total. The van der Waals surface area contributed by atoms with Crippen LogP contribution in [0.1, 0.15) is 60.9 Å². The summed E-state index contributed by atoms with van der Waals surface area (Å²) in [6.45, 7) is 9.94. The van der Waals surface area contributed by atoms with E-state index in [0.29, 0.717) is 0 Å². The van der Waals surface area contributed by atoms with Crippen LogP contribution in [0, 0.1) is 13.8 Å². The van der Waals surface area contributed by atoms with E-state index in [2.05, 4.69) is 73.1 Å². The highest BCUT2D eigenvalue weighted by Gasteiger charge is 2.51. The van der Waals surface area contributed by atoms with Gasteiger partial charge in [0.05, 0.1) is 11.8 Å². The Hall–Kier alpha value is -2.33. The summed E-state index contributed by atoms with van der Waals surface area (Å²) in [5.41, 5.74) is 6.04. The Morgan fingerprint density at radius 1 is 1.10 bits per heavy atom. The molecule has 3 aliphatic rings. The maximum atomic E-state index is 6.73. The molecule has 0 aromatic heterocycles. The predicted molar refractivity (Wildman–Crippen MR) is 117 cm³/mol. The molecule has 0 saturated carbocycles. The molecule has 1 saturated heterocycles.